The summed E-state index contributed by atoms with van der Waals surface area (Å²) in [5.74, 6) is 1.91. The minimum atomic E-state index is -0.567. The van der Waals surface area contributed by atoms with E-state index in [4.69, 9.17) is 19.3 Å². The summed E-state index contributed by atoms with van der Waals surface area (Å²) in [6.07, 6.45) is 0.0365. The quantitative estimate of drug-likeness (QED) is 0.624. The Morgan fingerprint density at radius 1 is 0.969 bits per heavy atom. The van der Waals surface area contributed by atoms with E-state index in [0.717, 1.165) is 22.4 Å². The summed E-state index contributed by atoms with van der Waals surface area (Å²) in [6, 6.07) is 16.3. The van der Waals surface area contributed by atoms with E-state index >= 15 is 0 Å². The lowest BCUT2D eigenvalue weighted by Crippen LogP contribution is -2.33. The van der Waals surface area contributed by atoms with Gasteiger partial charge in [-0.15, -0.1) is 0 Å². The van der Waals surface area contributed by atoms with Crippen LogP contribution in [0, 0.1) is 6.92 Å². The number of phenolic OH excluding ortho intramolecular Hbond substituents is 2. The zero-order chi connectivity index (χ0) is 22.4. The molecule has 0 fully saturated rings. The molecule has 2 heterocycles. The van der Waals surface area contributed by atoms with Crippen molar-refractivity contribution in [2.45, 2.75) is 25.6 Å². The number of para-hydroxylation sites is 1. The van der Waals surface area contributed by atoms with Crippen LogP contribution in [0.5, 0.6) is 28.7 Å². The molecule has 2 N–H and O–H groups in total. The fourth-order valence-electron chi connectivity index (χ4n) is 4.36. The van der Waals surface area contributed by atoms with Crippen LogP contribution in [0.1, 0.15) is 40.9 Å². The summed E-state index contributed by atoms with van der Waals surface area (Å²) < 4.78 is 17.3. The molecule has 0 unspecified atom stereocenters. The van der Waals surface area contributed by atoms with Crippen molar-refractivity contribution in [2.75, 3.05) is 14.2 Å². The van der Waals surface area contributed by atoms with Crippen molar-refractivity contribution in [3.8, 4) is 28.7 Å². The summed E-state index contributed by atoms with van der Waals surface area (Å²) in [7, 11) is 3.12. The lowest BCUT2D eigenvalue weighted by atomic mass is 9.94. The van der Waals surface area contributed by atoms with E-state index in [1.165, 1.54) is 7.11 Å². The van der Waals surface area contributed by atoms with Crippen LogP contribution in [0.3, 0.4) is 0 Å². The van der Waals surface area contributed by atoms with Gasteiger partial charge in [0.25, 0.3) is 0 Å². The molecule has 2 atom stereocenters. The monoisotopic (exact) mass is 432 g/mol. The smallest absolute Gasteiger partial charge is 0.214 e. The molecule has 3 aromatic rings. The van der Waals surface area contributed by atoms with E-state index in [1.807, 2.05) is 42.3 Å². The number of benzene rings is 3. The maximum absolute atomic E-state index is 10.5. The Bertz CT molecular complexity index is 1220. The van der Waals surface area contributed by atoms with E-state index in [-0.39, 0.29) is 17.5 Å². The van der Waals surface area contributed by atoms with Gasteiger partial charge in [-0.1, -0.05) is 23.8 Å². The van der Waals surface area contributed by atoms with Crippen LogP contribution in [-0.4, -0.2) is 35.2 Å². The average molecular weight is 432 g/mol. The second-order valence-electron chi connectivity index (χ2n) is 7.95. The average Bonchev–Trinajstić information content (AvgIpc) is 3.25. The number of hydrazone groups is 1. The molecule has 7 nitrogen and oxygen atoms in total. The highest BCUT2D eigenvalue weighted by molar-refractivity contribution is 6.04. The third-order valence-electron chi connectivity index (χ3n) is 5.95. The summed E-state index contributed by atoms with van der Waals surface area (Å²) in [5, 5.41) is 27.3. The van der Waals surface area contributed by atoms with Gasteiger partial charge in [0.2, 0.25) is 6.23 Å². The van der Waals surface area contributed by atoms with E-state index in [9.17, 15) is 10.2 Å². The van der Waals surface area contributed by atoms with Crippen LogP contribution < -0.4 is 14.2 Å². The number of hydrogen-bond acceptors (Lipinski definition) is 7. The van der Waals surface area contributed by atoms with Gasteiger partial charge < -0.3 is 24.4 Å². The number of ether oxygens (including phenoxy) is 3. The normalized spacial score (nSPS) is 19.0. The van der Waals surface area contributed by atoms with Crippen LogP contribution in [0.2, 0.25) is 0 Å². The third-order valence-corrected chi connectivity index (χ3v) is 5.95. The molecule has 0 bridgehead atoms. The number of hydrogen-bond donors (Lipinski definition) is 2. The van der Waals surface area contributed by atoms with Crippen molar-refractivity contribution in [2.24, 2.45) is 5.10 Å². The summed E-state index contributed by atoms with van der Waals surface area (Å²) in [6.45, 7) is 1.99. The van der Waals surface area contributed by atoms with Gasteiger partial charge in [-0.05, 0) is 43.3 Å². The molecule has 0 aromatic heterocycles. The minimum absolute atomic E-state index is 0.0527. The molecule has 0 saturated heterocycles. The molecule has 5 rings (SSSR count). The van der Waals surface area contributed by atoms with Crippen molar-refractivity contribution < 1.29 is 24.4 Å². The van der Waals surface area contributed by atoms with Crippen LogP contribution in [-0.2, 0) is 0 Å². The summed E-state index contributed by atoms with van der Waals surface area (Å²) >= 11 is 0. The number of methoxy groups -OCH3 is 2. The van der Waals surface area contributed by atoms with Gasteiger partial charge in [-0.25, -0.2) is 5.01 Å². The van der Waals surface area contributed by atoms with Crippen LogP contribution >= 0.6 is 0 Å². The number of aryl methyl sites for hydroxylation is 1. The van der Waals surface area contributed by atoms with Crippen LogP contribution in [0.25, 0.3) is 0 Å². The Hall–Kier alpha value is -3.87. The highest BCUT2D eigenvalue weighted by Gasteiger charge is 2.42. The number of rotatable bonds is 4. The Balaban J connectivity index is 1.65. The standard InChI is InChI=1S/C25H24N2O5/c1-14-7-9-20(28)17(11-14)18-13-19-16-5-4-6-22(30-2)24(16)32-25(27(19)26-18)15-8-10-21(29)23(12-15)31-3/h4-12,19,25,28-29H,13H2,1-3H3/t19-,25+/m1/s1. The maximum atomic E-state index is 10.5. The first-order valence-corrected chi connectivity index (χ1v) is 10.4. The van der Waals surface area contributed by atoms with Gasteiger partial charge in [-0.3, -0.25) is 0 Å². The third kappa shape index (κ3) is 3.17. The topological polar surface area (TPSA) is 83.8 Å². The predicted molar refractivity (Wildman–Crippen MR) is 120 cm³/mol. The lowest BCUT2D eigenvalue weighted by molar-refractivity contribution is -0.0210. The fourth-order valence-corrected chi connectivity index (χ4v) is 4.36. The Kier molecular flexibility index (Phi) is 4.81. The van der Waals surface area contributed by atoms with Crippen LogP contribution in [0.15, 0.2) is 59.7 Å². The molecule has 0 aliphatic carbocycles. The highest BCUT2D eigenvalue weighted by Crippen LogP contribution is 2.51. The molecule has 0 amide bonds. The van der Waals surface area contributed by atoms with E-state index in [2.05, 4.69) is 0 Å². The van der Waals surface area contributed by atoms with Crippen LogP contribution in [0.4, 0.5) is 0 Å². The number of fused-ring (bicyclic) bond motifs is 3. The zero-order valence-corrected chi connectivity index (χ0v) is 18.1. The molecule has 32 heavy (non-hydrogen) atoms. The SMILES string of the molecule is COc1cc([C@@H]2Oc3c(OC)cccc3[C@H]3CC(c4cc(C)ccc4O)=NN32)ccc1O. The van der Waals surface area contributed by atoms with Crippen molar-refractivity contribution in [1.29, 1.82) is 0 Å². The first-order valence-electron chi connectivity index (χ1n) is 10.4. The Morgan fingerprint density at radius 3 is 2.53 bits per heavy atom. The highest BCUT2D eigenvalue weighted by atomic mass is 16.5. The molecule has 7 heteroatoms. The first-order chi connectivity index (χ1) is 15.5. The van der Waals surface area contributed by atoms with Crippen molar-refractivity contribution in [1.82, 2.24) is 5.01 Å². The number of aromatic hydroxyl groups is 2. The van der Waals surface area contributed by atoms with Crippen molar-refractivity contribution >= 4 is 5.71 Å². The molecular weight excluding hydrogens is 408 g/mol. The van der Waals surface area contributed by atoms with Gasteiger partial charge in [0, 0.05) is 23.1 Å². The van der Waals surface area contributed by atoms with E-state index < -0.39 is 6.23 Å². The maximum Gasteiger partial charge on any atom is 0.214 e. The first kappa shape index (κ1) is 20.1. The largest absolute Gasteiger partial charge is 0.507 e. The fraction of sp³-hybridized carbons (Fsp3) is 0.240. The van der Waals surface area contributed by atoms with Gasteiger partial charge in [0.05, 0.1) is 26.0 Å². The molecule has 2 aliphatic rings. The van der Waals surface area contributed by atoms with Crippen molar-refractivity contribution in [3.05, 3.63) is 76.9 Å². The molecular formula is C25H24N2O5. The van der Waals surface area contributed by atoms with Gasteiger partial charge in [0.1, 0.15) is 5.75 Å². The summed E-state index contributed by atoms with van der Waals surface area (Å²) in [4.78, 5) is 0. The second-order valence-corrected chi connectivity index (χ2v) is 7.95. The summed E-state index contributed by atoms with van der Waals surface area (Å²) in [5.41, 5.74) is 4.29. The minimum Gasteiger partial charge on any atom is -0.507 e. The number of nitrogens with zero attached hydrogens (tertiary/aromatic N) is 2. The number of phenols is 2. The van der Waals surface area contributed by atoms with E-state index in [1.54, 1.807) is 31.4 Å². The molecule has 0 saturated carbocycles. The van der Waals surface area contributed by atoms with Gasteiger partial charge >= 0.3 is 0 Å². The molecule has 0 spiro atoms. The Labute approximate surface area is 186 Å². The second kappa shape index (κ2) is 7.67. The molecule has 0 radical (unpaired) electrons. The lowest BCUT2D eigenvalue weighted by Gasteiger charge is -2.38. The zero-order valence-electron chi connectivity index (χ0n) is 18.1. The van der Waals surface area contributed by atoms with Gasteiger partial charge in [0.15, 0.2) is 23.0 Å². The van der Waals surface area contributed by atoms with Crippen molar-refractivity contribution in [3.63, 3.8) is 0 Å². The molecule has 164 valence electrons. The van der Waals surface area contributed by atoms with Gasteiger partial charge in [-0.2, -0.15) is 5.10 Å². The van der Waals surface area contributed by atoms with E-state index in [0.29, 0.717) is 29.2 Å². The predicted octanol–water partition coefficient (Wildman–Crippen LogP) is 4.67. The molecule has 2 aliphatic heterocycles. The Morgan fingerprint density at radius 2 is 1.75 bits per heavy atom. The molecule has 3 aromatic carbocycles.